The molecule has 1 unspecified atom stereocenters. The first kappa shape index (κ1) is 15.0. The highest BCUT2D eigenvalue weighted by atomic mass is 28.4. The van der Waals surface area contributed by atoms with Crippen molar-refractivity contribution in [3.8, 4) is 0 Å². The molecule has 92 valence electrons. The van der Waals surface area contributed by atoms with Crippen molar-refractivity contribution < 1.29 is 18.3 Å². The molecule has 0 aromatic rings. The monoisotopic (exact) mass is 240 g/mol. The fourth-order valence-electron chi connectivity index (χ4n) is 0.614. The Hall–Kier alpha value is -0.00312. The van der Waals surface area contributed by atoms with E-state index in [1.54, 1.807) is 0 Å². The van der Waals surface area contributed by atoms with Crippen molar-refractivity contribution in [3.63, 3.8) is 0 Å². The number of alkyl halides is 2. The number of hydrogen-bond acceptors (Lipinski definition) is 2. The van der Waals surface area contributed by atoms with Gasteiger partial charge < -0.3 is 9.53 Å². The highest BCUT2D eigenvalue weighted by Crippen LogP contribution is 2.37. The van der Waals surface area contributed by atoms with E-state index in [4.69, 9.17) is 9.53 Å². The molecule has 0 bridgehead atoms. The van der Waals surface area contributed by atoms with Crippen molar-refractivity contribution in [1.29, 1.82) is 0 Å². The van der Waals surface area contributed by atoms with Gasteiger partial charge in [0.15, 0.2) is 8.32 Å². The van der Waals surface area contributed by atoms with Gasteiger partial charge in [0.05, 0.1) is 0 Å². The predicted octanol–water partition coefficient (Wildman–Crippen LogP) is 3.02. The molecule has 0 amide bonds. The van der Waals surface area contributed by atoms with Crippen LogP contribution in [0.25, 0.3) is 0 Å². The molecule has 0 aliphatic carbocycles. The fraction of sp³-hybridized carbons (Fsp3) is 1.00. The van der Waals surface area contributed by atoms with Gasteiger partial charge in [-0.15, -0.1) is 0 Å². The third kappa shape index (κ3) is 4.16. The molecule has 15 heavy (non-hydrogen) atoms. The number of aliphatic hydroxyl groups excluding tert-OH is 1. The van der Waals surface area contributed by atoms with Crippen LogP contribution in [0.2, 0.25) is 18.1 Å². The highest BCUT2D eigenvalue weighted by molar-refractivity contribution is 6.74. The van der Waals surface area contributed by atoms with E-state index >= 15 is 0 Å². The van der Waals surface area contributed by atoms with E-state index in [0.717, 1.165) is 6.92 Å². The molecule has 0 saturated carbocycles. The molecule has 0 aromatic heterocycles. The third-order valence-electron chi connectivity index (χ3n) is 3.04. The maximum absolute atomic E-state index is 13.1. The van der Waals surface area contributed by atoms with E-state index in [1.807, 2.05) is 33.9 Å². The van der Waals surface area contributed by atoms with Gasteiger partial charge in [-0.1, -0.05) is 20.8 Å². The molecule has 0 fully saturated rings. The molecule has 0 aliphatic rings. The smallest absolute Gasteiger partial charge is 0.294 e. The Labute approximate surface area is 91.8 Å². The zero-order valence-corrected chi connectivity index (χ0v) is 11.4. The Morgan fingerprint density at radius 2 is 1.67 bits per heavy atom. The lowest BCUT2D eigenvalue weighted by Gasteiger charge is -2.37. The van der Waals surface area contributed by atoms with E-state index in [9.17, 15) is 8.78 Å². The topological polar surface area (TPSA) is 29.5 Å². The van der Waals surface area contributed by atoms with Gasteiger partial charge in [-0.3, -0.25) is 0 Å². The summed E-state index contributed by atoms with van der Waals surface area (Å²) in [4.78, 5) is 0. The van der Waals surface area contributed by atoms with Crippen LogP contribution in [0.1, 0.15) is 27.7 Å². The van der Waals surface area contributed by atoms with Gasteiger partial charge in [0, 0.05) is 0 Å². The summed E-state index contributed by atoms with van der Waals surface area (Å²) in [5, 5.41) is 8.77. The van der Waals surface area contributed by atoms with Crippen LogP contribution in [0, 0.1) is 0 Å². The maximum Gasteiger partial charge on any atom is 0.294 e. The Balaban J connectivity index is 4.40. The molecule has 0 aliphatic heterocycles. The molecule has 0 spiro atoms. The minimum absolute atomic E-state index is 0.0955. The predicted molar refractivity (Wildman–Crippen MR) is 59.8 cm³/mol. The maximum atomic E-state index is 13.1. The normalized spacial score (nSPS) is 16.6. The second-order valence-electron chi connectivity index (χ2n) is 5.49. The zero-order valence-electron chi connectivity index (χ0n) is 10.4. The third-order valence-corrected chi connectivity index (χ3v) is 7.52. The average Bonchev–Trinajstić information content (AvgIpc) is 1.99. The Morgan fingerprint density at radius 3 is 1.93 bits per heavy atom. The van der Waals surface area contributed by atoms with Gasteiger partial charge in [-0.25, -0.2) is 8.78 Å². The largest absolute Gasteiger partial charge is 0.411 e. The second-order valence-corrected chi connectivity index (χ2v) is 10.3. The highest BCUT2D eigenvalue weighted by Gasteiger charge is 2.42. The van der Waals surface area contributed by atoms with Crippen LogP contribution in [0.5, 0.6) is 0 Å². The summed E-state index contributed by atoms with van der Waals surface area (Å²) in [6, 6.07) is 0. The summed E-state index contributed by atoms with van der Waals surface area (Å²) >= 11 is 0. The Bertz CT molecular complexity index is 210. The first-order chi connectivity index (χ1) is 6.40. The van der Waals surface area contributed by atoms with Gasteiger partial charge >= 0.3 is 0 Å². The van der Waals surface area contributed by atoms with Crippen LogP contribution in [0.3, 0.4) is 0 Å². The minimum atomic E-state index is -3.16. The molecule has 0 rings (SSSR count). The molecule has 2 nitrogen and oxygen atoms in total. The molecule has 5 heteroatoms. The SMILES string of the molecule is CC(O)C(F)(F)CO[Si](C)(C)C(C)(C)C. The van der Waals surface area contributed by atoms with Crippen molar-refractivity contribution in [2.24, 2.45) is 0 Å². The molecule has 1 atom stereocenters. The number of rotatable bonds is 4. The summed E-state index contributed by atoms with van der Waals surface area (Å²) in [6.45, 7) is 10.2. The molecular weight excluding hydrogens is 218 g/mol. The van der Waals surface area contributed by atoms with Crippen LogP contribution in [0.4, 0.5) is 8.78 Å². The summed E-state index contributed by atoms with van der Waals surface area (Å²) in [5.74, 6) is -3.16. The van der Waals surface area contributed by atoms with Gasteiger partial charge in [0.25, 0.3) is 5.92 Å². The van der Waals surface area contributed by atoms with E-state index in [-0.39, 0.29) is 5.04 Å². The van der Waals surface area contributed by atoms with Gasteiger partial charge in [0.2, 0.25) is 0 Å². The minimum Gasteiger partial charge on any atom is -0.411 e. The first-order valence-corrected chi connectivity index (χ1v) is 8.01. The zero-order chi connectivity index (χ0) is 12.5. The lowest BCUT2D eigenvalue weighted by molar-refractivity contribution is -0.125. The summed E-state index contributed by atoms with van der Waals surface area (Å²) in [7, 11) is -2.15. The summed E-state index contributed by atoms with van der Waals surface area (Å²) in [5.41, 5.74) is 0. The van der Waals surface area contributed by atoms with Gasteiger partial charge in [-0.05, 0) is 25.1 Å². The van der Waals surface area contributed by atoms with Crippen molar-refractivity contribution in [1.82, 2.24) is 0 Å². The van der Waals surface area contributed by atoms with E-state index in [0.29, 0.717) is 0 Å². The number of halogens is 2. The number of aliphatic hydroxyl groups is 1. The van der Waals surface area contributed by atoms with Crippen molar-refractivity contribution in [2.45, 2.75) is 57.9 Å². The Morgan fingerprint density at radius 1 is 1.27 bits per heavy atom. The number of hydrogen-bond donors (Lipinski definition) is 1. The van der Waals surface area contributed by atoms with Crippen molar-refractivity contribution in [2.75, 3.05) is 6.61 Å². The van der Waals surface area contributed by atoms with E-state index < -0.39 is 27.0 Å². The van der Waals surface area contributed by atoms with Crippen molar-refractivity contribution >= 4 is 8.32 Å². The van der Waals surface area contributed by atoms with Crippen molar-refractivity contribution in [3.05, 3.63) is 0 Å². The van der Waals surface area contributed by atoms with Gasteiger partial charge in [0.1, 0.15) is 12.7 Å². The molecule has 1 N–H and O–H groups in total. The second kappa shape index (κ2) is 4.47. The lowest BCUT2D eigenvalue weighted by Crippen LogP contribution is -2.46. The standard InChI is InChI=1S/C10H22F2O2Si/c1-8(13)10(11,12)7-14-15(5,6)9(2,3)4/h8,13H,7H2,1-6H3. The average molecular weight is 240 g/mol. The quantitative estimate of drug-likeness (QED) is 0.765. The molecule has 0 radical (unpaired) electrons. The molecule has 0 saturated heterocycles. The summed E-state index contributed by atoms with van der Waals surface area (Å²) < 4.78 is 31.6. The van der Waals surface area contributed by atoms with Crippen LogP contribution in [-0.2, 0) is 4.43 Å². The Kier molecular flexibility index (Phi) is 4.47. The molecule has 0 aromatic carbocycles. The van der Waals surface area contributed by atoms with Gasteiger partial charge in [-0.2, -0.15) is 0 Å². The summed E-state index contributed by atoms with van der Waals surface area (Å²) in [6.07, 6.45) is -1.66. The fourth-order valence-corrected chi connectivity index (χ4v) is 1.60. The van der Waals surface area contributed by atoms with E-state index in [2.05, 4.69) is 0 Å². The lowest BCUT2D eigenvalue weighted by atomic mass is 10.2. The van der Waals surface area contributed by atoms with Crippen LogP contribution in [0.15, 0.2) is 0 Å². The van der Waals surface area contributed by atoms with Crippen LogP contribution >= 0.6 is 0 Å². The first-order valence-electron chi connectivity index (χ1n) is 5.10. The van der Waals surface area contributed by atoms with Crippen LogP contribution in [-0.4, -0.2) is 32.1 Å². The molecule has 0 heterocycles. The van der Waals surface area contributed by atoms with Crippen LogP contribution < -0.4 is 0 Å². The molecular formula is C10H22F2O2Si. The van der Waals surface area contributed by atoms with E-state index in [1.165, 1.54) is 0 Å².